The molecule has 0 saturated heterocycles. The van der Waals surface area contributed by atoms with Gasteiger partial charge in [-0.3, -0.25) is 0 Å². The Kier molecular flexibility index (Phi) is 1.47. The van der Waals surface area contributed by atoms with E-state index in [2.05, 4.69) is 58.4 Å². The first-order valence-electron chi connectivity index (χ1n) is 5.50. The predicted octanol–water partition coefficient (Wildman–Crippen LogP) is 3.96. The van der Waals surface area contributed by atoms with Crippen molar-refractivity contribution in [3.05, 3.63) is 58.1 Å². The molecule has 2 bridgehead atoms. The number of hydrogen-bond donors (Lipinski definition) is 0. The third-order valence-electron chi connectivity index (χ3n) is 4.13. The summed E-state index contributed by atoms with van der Waals surface area (Å²) in [5, 5.41) is 0. The van der Waals surface area contributed by atoms with Gasteiger partial charge in [-0.25, -0.2) is 0 Å². The van der Waals surface area contributed by atoms with E-state index in [0.29, 0.717) is 11.8 Å². The minimum atomic E-state index is 0.621. The van der Waals surface area contributed by atoms with Crippen LogP contribution in [0.15, 0.2) is 47.0 Å². The molecule has 1 aromatic rings. The zero-order valence-electron chi connectivity index (χ0n) is 8.23. The number of hydrogen-bond acceptors (Lipinski definition) is 0. The molecule has 0 aromatic heterocycles. The van der Waals surface area contributed by atoms with E-state index in [1.165, 1.54) is 4.48 Å². The maximum absolute atomic E-state index is 3.68. The van der Waals surface area contributed by atoms with Gasteiger partial charge in [0.25, 0.3) is 0 Å². The van der Waals surface area contributed by atoms with Gasteiger partial charge in [-0.05, 0) is 21.5 Å². The van der Waals surface area contributed by atoms with Gasteiger partial charge in [-0.15, -0.1) is 0 Å². The van der Waals surface area contributed by atoms with E-state index in [0.717, 1.165) is 11.8 Å². The molecule has 0 radical (unpaired) electrons. The molecule has 0 saturated carbocycles. The van der Waals surface area contributed by atoms with Gasteiger partial charge in [0.1, 0.15) is 0 Å². The third kappa shape index (κ3) is 0.884. The number of rotatable bonds is 0. The highest BCUT2D eigenvalue weighted by molar-refractivity contribution is 9.11. The van der Waals surface area contributed by atoms with E-state index in [1.54, 1.807) is 11.1 Å². The Labute approximate surface area is 97.8 Å². The highest BCUT2D eigenvalue weighted by atomic mass is 79.9. The van der Waals surface area contributed by atoms with Crippen molar-refractivity contribution in [2.75, 3.05) is 0 Å². The lowest BCUT2D eigenvalue weighted by Crippen LogP contribution is -2.39. The van der Waals surface area contributed by atoms with Crippen LogP contribution in [0.1, 0.15) is 23.0 Å². The standard InChI is InChI=1S/C14H11Br/c15-13-7-12-10-5-6-11(14(12)13)9-4-2-1-3-8(9)10/h1-7,10-12,14H/t10-,11+,12+,14+/m1/s1. The minimum Gasteiger partial charge on any atom is -0.0797 e. The maximum atomic E-state index is 3.68. The highest BCUT2D eigenvalue weighted by Gasteiger charge is 2.48. The fraction of sp³-hybridized carbons (Fsp3) is 0.286. The average molecular weight is 259 g/mol. The zero-order chi connectivity index (χ0) is 9.99. The van der Waals surface area contributed by atoms with Crippen molar-refractivity contribution < 1.29 is 0 Å². The summed E-state index contributed by atoms with van der Waals surface area (Å²) in [5.41, 5.74) is 3.11. The normalized spacial score (nSPS) is 39.1. The third-order valence-corrected chi connectivity index (χ3v) is 4.92. The molecule has 0 amide bonds. The van der Waals surface area contributed by atoms with Crippen LogP contribution in [0, 0.1) is 11.8 Å². The van der Waals surface area contributed by atoms with Crippen LogP contribution in [0.4, 0.5) is 0 Å². The van der Waals surface area contributed by atoms with Crippen molar-refractivity contribution >= 4 is 15.9 Å². The summed E-state index contributed by atoms with van der Waals surface area (Å²) in [6.45, 7) is 0. The first-order valence-corrected chi connectivity index (χ1v) is 6.30. The van der Waals surface area contributed by atoms with Gasteiger partial charge in [0.2, 0.25) is 0 Å². The Morgan fingerprint density at radius 3 is 2.33 bits per heavy atom. The molecule has 0 fully saturated rings. The monoisotopic (exact) mass is 258 g/mol. The number of benzene rings is 1. The summed E-state index contributed by atoms with van der Waals surface area (Å²) in [7, 11) is 0. The molecule has 4 aliphatic carbocycles. The maximum Gasteiger partial charge on any atom is 0.0101 e. The molecule has 4 aliphatic rings. The molecule has 4 atom stereocenters. The minimum absolute atomic E-state index is 0.621. The summed E-state index contributed by atoms with van der Waals surface area (Å²) in [5.74, 6) is 2.74. The predicted molar refractivity (Wildman–Crippen MR) is 65.1 cm³/mol. The molecule has 0 heterocycles. The number of allylic oxidation sites excluding steroid dienone is 4. The molecule has 1 heteroatoms. The molecular weight excluding hydrogens is 248 g/mol. The lowest BCUT2D eigenvalue weighted by molar-refractivity contribution is 0.312. The van der Waals surface area contributed by atoms with Crippen LogP contribution in [0.25, 0.3) is 0 Å². The second-order valence-corrected chi connectivity index (χ2v) is 5.64. The summed E-state index contributed by atoms with van der Waals surface area (Å²) in [4.78, 5) is 0. The van der Waals surface area contributed by atoms with E-state index >= 15 is 0 Å². The van der Waals surface area contributed by atoms with Crippen LogP contribution in [0.2, 0.25) is 0 Å². The summed E-state index contributed by atoms with van der Waals surface area (Å²) in [6, 6.07) is 8.93. The lowest BCUT2D eigenvalue weighted by Gasteiger charge is -2.50. The van der Waals surface area contributed by atoms with Crippen molar-refractivity contribution in [3.8, 4) is 0 Å². The first-order chi connectivity index (χ1) is 7.36. The number of halogens is 1. The van der Waals surface area contributed by atoms with Crippen molar-refractivity contribution in [3.63, 3.8) is 0 Å². The molecule has 1 aromatic carbocycles. The largest absolute Gasteiger partial charge is 0.0797 e. The van der Waals surface area contributed by atoms with E-state index in [-0.39, 0.29) is 0 Å². The summed E-state index contributed by atoms with van der Waals surface area (Å²) < 4.78 is 1.42. The van der Waals surface area contributed by atoms with Crippen molar-refractivity contribution in [1.82, 2.24) is 0 Å². The van der Waals surface area contributed by atoms with Gasteiger partial charge >= 0.3 is 0 Å². The lowest BCUT2D eigenvalue weighted by atomic mass is 9.55. The smallest absolute Gasteiger partial charge is 0.0101 e. The van der Waals surface area contributed by atoms with Crippen LogP contribution in [0.5, 0.6) is 0 Å². The fourth-order valence-corrected chi connectivity index (χ4v) is 4.31. The molecule has 0 spiro atoms. The fourth-order valence-electron chi connectivity index (χ4n) is 3.42. The Bertz CT molecular complexity index is 498. The topological polar surface area (TPSA) is 0 Å². The van der Waals surface area contributed by atoms with Crippen LogP contribution >= 0.6 is 15.9 Å². The SMILES string of the molecule is BrC1=C[C@@H]2[C@@H]1[C@H]1C=C[C@@H]2c2ccccc21. The van der Waals surface area contributed by atoms with Gasteiger partial charge < -0.3 is 0 Å². The Morgan fingerprint density at radius 1 is 0.933 bits per heavy atom. The quantitative estimate of drug-likeness (QED) is 0.618. The van der Waals surface area contributed by atoms with Gasteiger partial charge in [-0.1, -0.05) is 58.4 Å². The molecule has 0 nitrogen and oxygen atoms in total. The van der Waals surface area contributed by atoms with E-state index in [9.17, 15) is 0 Å². The van der Waals surface area contributed by atoms with Crippen LogP contribution < -0.4 is 0 Å². The average Bonchev–Trinajstić information content (AvgIpc) is 2.27. The van der Waals surface area contributed by atoms with Gasteiger partial charge in [0.05, 0.1) is 0 Å². The Hall–Kier alpha value is -0.820. The molecule has 0 N–H and O–H groups in total. The highest BCUT2D eigenvalue weighted by Crippen LogP contribution is 2.60. The van der Waals surface area contributed by atoms with Crippen LogP contribution in [0.3, 0.4) is 0 Å². The van der Waals surface area contributed by atoms with E-state index in [1.807, 2.05) is 0 Å². The van der Waals surface area contributed by atoms with Crippen LogP contribution in [-0.2, 0) is 0 Å². The van der Waals surface area contributed by atoms with Crippen molar-refractivity contribution in [2.24, 2.45) is 11.8 Å². The second kappa shape index (κ2) is 2.65. The van der Waals surface area contributed by atoms with Crippen molar-refractivity contribution in [1.29, 1.82) is 0 Å². The van der Waals surface area contributed by atoms with Gasteiger partial charge in [-0.2, -0.15) is 0 Å². The molecule has 15 heavy (non-hydrogen) atoms. The molecular formula is C14H11Br. The molecule has 0 unspecified atom stereocenters. The van der Waals surface area contributed by atoms with E-state index < -0.39 is 0 Å². The Balaban J connectivity index is 1.96. The molecule has 5 rings (SSSR count). The summed E-state index contributed by atoms with van der Waals surface area (Å²) in [6.07, 6.45) is 7.20. The van der Waals surface area contributed by atoms with Gasteiger partial charge in [0.15, 0.2) is 0 Å². The van der Waals surface area contributed by atoms with E-state index in [4.69, 9.17) is 0 Å². The first kappa shape index (κ1) is 8.35. The second-order valence-electron chi connectivity index (χ2n) is 4.72. The summed E-state index contributed by atoms with van der Waals surface area (Å²) >= 11 is 3.68. The Morgan fingerprint density at radius 2 is 1.60 bits per heavy atom. The zero-order valence-corrected chi connectivity index (χ0v) is 9.81. The van der Waals surface area contributed by atoms with Gasteiger partial charge in [0, 0.05) is 17.8 Å². The molecule has 0 aliphatic heterocycles. The molecule has 74 valence electrons. The van der Waals surface area contributed by atoms with Crippen molar-refractivity contribution in [2.45, 2.75) is 11.8 Å². The van der Waals surface area contributed by atoms with Crippen LogP contribution in [-0.4, -0.2) is 0 Å².